The van der Waals surface area contributed by atoms with Gasteiger partial charge in [0.15, 0.2) is 11.5 Å². The maximum atomic E-state index is 13.9. The number of ether oxygens (including phenoxy) is 7. The molecule has 0 spiro atoms. The van der Waals surface area contributed by atoms with Gasteiger partial charge in [-0.1, -0.05) is 52.3 Å². The van der Waals surface area contributed by atoms with E-state index in [0.717, 1.165) is 55.3 Å². The van der Waals surface area contributed by atoms with Crippen LogP contribution in [0.3, 0.4) is 0 Å². The highest BCUT2D eigenvalue weighted by atomic mass is 16.6. The summed E-state index contributed by atoms with van der Waals surface area (Å²) >= 11 is 0. The number of benzene rings is 2. The minimum absolute atomic E-state index is 0.0636. The second-order valence-corrected chi connectivity index (χ2v) is 16.0. The Balaban J connectivity index is 1.68. The molecule has 1 saturated heterocycles. The SMILES string of the molecule is CCCC(COCNc1cccc(C(CCc2ccc(OC)c(OC)c2)OC(=O)N2CCCCC2COCCOCC(C)(C)CC)c1)NC(=O)OC(C)(C)C. The fourth-order valence-electron chi connectivity index (χ4n) is 6.22. The Labute approximate surface area is 330 Å². The average Bonchev–Trinajstić information content (AvgIpc) is 3.15. The first-order valence-electron chi connectivity index (χ1n) is 20.0. The summed E-state index contributed by atoms with van der Waals surface area (Å²) in [4.78, 5) is 28.1. The summed E-state index contributed by atoms with van der Waals surface area (Å²) < 4.78 is 40.6. The Kier molecular flexibility index (Phi) is 19.4. The molecule has 2 N–H and O–H groups in total. The van der Waals surface area contributed by atoms with Gasteiger partial charge >= 0.3 is 12.2 Å². The topological polar surface area (TPSA) is 126 Å². The molecule has 3 atom stereocenters. The molecular weight excluding hydrogens is 702 g/mol. The Morgan fingerprint density at radius 1 is 0.909 bits per heavy atom. The zero-order valence-corrected chi connectivity index (χ0v) is 35.0. The zero-order valence-electron chi connectivity index (χ0n) is 35.0. The summed E-state index contributed by atoms with van der Waals surface area (Å²) in [7, 11) is 3.24. The third-order valence-electron chi connectivity index (χ3n) is 9.69. The molecule has 0 saturated carbocycles. The second-order valence-electron chi connectivity index (χ2n) is 16.0. The van der Waals surface area contributed by atoms with Crippen LogP contribution in [0, 0.1) is 5.41 Å². The van der Waals surface area contributed by atoms with Crippen molar-refractivity contribution in [2.24, 2.45) is 5.41 Å². The van der Waals surface area contributed by atoms with Crippen molar-refractivity contribution in [3.8, 4) is 11.5 Å². The van der Waals surface area contributed by atoms with Gasteiger partial charge in [-0.3, -0.25) is 0 Å². The minimum Gasteiger partial charge on any atom is -0.493 e. The van der Waals surface area contributed by atoms with Gasteiger partial charge in [0.2, 0.25) is 0 Å². The lowest BCUT2D eigenvalue weighted by Gasteiger charge is -2.36. The number of nitrogens with zero attached hydrogens (tertiary/aromatic N) is 1. The van der Waals surface area contributed by atoms with Crippen molar-refractivity contribution in [2.45, 2.75) is 124 Å². The fourth-order valence-corrected chi connectivity index (χ4v) is 6.22. The molecule has 1 heterocycles. The number of alkyl carbamates (subject to hydrolysis) is 1. The molecule has 0 radical (unpaired) electrons. The van der Waals surface area contributed by atoms with Crippen LogP contribution in [-0.2, 0) is 30.1 Å². The molecule has 1 aliphatic rings. The molecule has 2 aromatic carbocycles. The number of carbonyl (C=O) groups is 2. The van der Waals surface area contributed by atoms with Crippen LogP contribution < -0.4 is 20.1 Å². The van der Waals surface area contributed by atoms with E-state index >= 15 is 0 Å². The zero-order chi connectivity index (χ0) is 40.3. The van der Waals surface area contributed by atoms with E-state index in [-0.39, 0.29) is 30.3 Å². The monoisotopic (exact) mass is 772 g/mol. The first-order valence-corrected chi connectivity index (χ1v) is 20.0. The number of aryl methyl sites for hydroxylation is 1. The summed E-state index contributed by atoms with van der Waals surface area (Å²) in [5, 5.41) is 6.25. The molecule has 3 rings (SSSR count). The third kappa shape index (κ3) is 16.9. The van der Waals surface area contributed by atoms with Crippen molar-refractivity contribution in [3.63, 3.8) is 0 Å². The van der Waals surface area contributed by atoms with Gasteiger partial charge in [-0.2, -0.15) is 0 Å². The lowest BCUT2D eigenvalue weighted by atomic mass is 9.92. The van der Waals surface area contributed by atoms with Crippen LogP contribution in [0.25, 0.3) is 0 Å². The maximum Gasteiger partial charge on any atom is 0.410 e. The number of hydrogen-bond donors (Lipinski definition) is 2. The molecule has 0 bridgehead atoms. The molecule has 2 aromatic rings. The van der Waals surface area contributed by atoms with Crippen LogP contribution in [0.15, 0.2) is 42.5 Å². The predicted octanol–water partition coefficient (Wildman–Crippen LogP) is 8.92. The van der Waals surface area contributed by atoms with Gasteiger partial charge in [0.25, 0.3) is 0 Å². The van der Waals surface area contributed by atoms with E-state index in [9.17, 15) is 9.59 Å². The van der Waals surface area contributed by atoms with Crippen molar-refractivity contribution < 1.29 is 42.7 Å². The number of nitrogens with one attached hydrogen (secondary N) is 2. The number of rotatable bonds is 23. The van der Waals surface area contributed by atoms with Gasteiger partial charge in [0, 0.05) is 12.2 Å². The van der Waals surface area contributed by atoms with E-state index in [2.05, 4.69) is 38.3 Å². The molecule has 12 nitrogen and oxygen atoms in total. The van der Waals surface area contributed by atoms with Crippen LogP contribution in [0.5, 0.6) is 11.5 Å². The summed E-state index contributed by atoms with van der Waals surface area (Å²) in [6.45, 7) is 17.5. The van der Waals surface area contributed by atoms with E-state index in [1.807, 2.05) is 68.1 Å². The minimum atomic E-state index is -0.576. The summed E-state index contributed by atoms with van der Waals surface area (Å²) in [5.41, 5.74) is 2.30. The Bertz CT molecular complexity index is 1430. The van der Waals surface area contributed by atoms with Gasteiger partial charge in [-0.05, 0) is 107 Å². The van der Waals surface area contributed by atoms with Crippen molar-refractivity contribution in [1.82, 2.24) is 10.2 Å². The largest absolute Gasteiger partial charge is 0.493 e. The third-order valence-corrected chi connectivity index (χ3v) is 9.69. The Morgan fingerprint density at radius 3 is 2.38 bits per heavy atom. The van der Waals surface area contributed by atoms with Gasteiger partial charge in [0.1, 0.15) is 18.4 Å². The number of methoxy groups -OCH3 is 2. The molecule has 1 aliphatic heterocycles. The number of likely N-dealkylation sites (tertiary alicyclic amines) is 1. The molecule has 2 amide bonds. The van der Waals surface area contributed by atoms with E-state index in [0.29, 0.717) is 63.9 Å². The predicted molar refractivity (Wildman–Crippen MR) is 216 cm³/mol. The van der Waals surface area contributed by atoms with E-state index in [1.165, 1.54) is 0 Å². The Hall–Kier alpha value is -3.74. The first-order chi connectivity index (χ1) is 26.3. The molecule has 12 heteroatoms. The van der Waals surface area contributed by atoms with Crippen molar-refractivity contribution >= 4 is 17.9 Å². The standard InChI is InChI=1S/C43H69N3O9/c1-10-15-35(45-40(47)55-42(3,4)5)28-53-31-44-34-17-14-16-33(27-34)37(21-19-32-20-22-38(49-8)39(26-32)50-9)54-41(48)46-23-13-12-18-36(46)29-51-24-25-52-30-43(6,7)11-2/h14,16-17,20,22,26-27,35-37,44H,10-13,15,18-19,21,23-25,28-31H2,1-9H3,(H,45,47). The van der Waals surface area contributed by atoms with Crippen molar-refractivity contribution in [2.75, 3.05) is 65.8 Å². The summed E-state index contributed by atoms with van der Waals surface area (Å²) in [6.07, 6.45) is 5.40. The summed E-state index contributed by atoms with van der Waals surface area (Å²) in [5.74, 6) is 1.31. The van der Waals surface area contributed by atoms with Gasteiger partial charge in [-0.25, -0.2) is 9.59 Å². The highest BCUT2D eigenvalue weighted by Crippen LogP contribution is 2.32. The van der Waals surface area contributed by atoms with E-state index in [4.69, 9.17) is 33.2 Å². The number of amides is 2. The summed E-state index contributed by atoms with van der Waals surface area (Å²) in [6, 6.07) is 13.5. The highest BCUT2D eigenvalue weighted by Gasteiger charge is 2.30. The van der Waals surface area contributed by atoms with E-state index in [1.54, 1.807) is 14.2 Å². The molecule has 1 fully saturated rings. The van der Waals surface area contributed by atoms with Crippen LogP contribution in [0.4, 0.5) is 15.3 Å². The lowest BCUT2D eigenvalue weighted by molar-refractivity contribution is -0.0148. The number of piperidine rings is 1. The Morgan fingerprint density at radius 2 is 1.67 bits per heavy atom. The quantitative estimate of drug-likeness (QED) is 0.0836. The van der Waals surface area contributed by atoms with Crippen LogP contribution >= 0.6 is 0 Å². The molecule has 3 unspecified atom stereocenters. The normalized spacial score (nSPS) is 15.9. The first kappa shape index (κ1) is 45.6. The van der Waals surface area contributed by atoms with Crippen LogP contribution in [0.2, 0.25) is 0 Å². The number of carbonyl (C=O) groups excluding carboxylic acids is 2. The fraction of sp³-hybridized carbons (Fsp3) is 0.674. The molecule has 310 valence electrons. The van der Waals surface area contributed by atoms with Crippen molar-refractivity contribution in [1.29, 1.82) is 0 Å². The molecular formula is C43H69N3O9. The van der Waals surface area contributed by atoms with Gasteiger partial charge in [-0.15, -0.1) is 0 Å². The van der Waals surface area contributed by atoms with E-state index < -0.39 is 17.8 Å². The average molecular weight is 772 g/mol. The molecule has 0 aromatic heterocycles. The van der Waals surface area contributed by atoms with Gasteiger partial charge < -0.3 is 48.7 Å². The number of anilines is 1. The highest BCUT2D eigenvalue weighted by molar-refractivity contribution is 5.69. The lowest BCUT2D eigenvalue weighted by Crippen LogP contribution is -2.46. The van der Waals surface area contributed by atoms with Gasteiger partial charge in [0.05, 0.1) is 59.3 Å². The maximum absolute atomic E-state index is 13.9. The number of hydrogen-bond acceptors (Lipinski definition) is 10. The second kappa shape index (κ2) is 23.4. The molecule has 0 aliphatic carbocycles. The smallest absolute Gasteiger partial charge is 0.410 e. The molecule has 55 heavy (non-hydrogen) atoms. The van der Waals surface area contributed by atoms with Crippen LogP contribution in [-0.4, -0.2) is 95.3 Å². The van der Waals surface area contributed by atoms with Crippen LogP contribution in [0.1, 0.15) is 111 Å². The van der Waals surface area contributed by atoms with Crippen molar-refractivity contribution in [3.05, 3.63) is 53.6 Å².